The number of nitrogens with one attached hydrogen (secondary N) is 3. The van der Waals surface area contributed by atoms with E-state index in [0.717, 1.165) is 24.3 Å². The second-order valence-corrected chi connectivity index (χ2v) is 8.63. The van der Waals surface area contributed by atoms with E-state index >= 15 is 0 Å². The van der Waals surface area contributed by atoms with Crippen molar-refractivity contribution in [2.45, 2.75) is 63.6 Å². The number of amides is 1. The topological polar surface area (TPSA) is 56.4 Å². The van der Waals surface area contributed by atoms with Gasteiger partial charge in [-0.05, 0) is 62.4 Å². The molecule has 0 aromatic heterocycles. The highest BCUT2D eigenvalue weighted by Gasteiger charge is 2.42. The number of carbonyl (C=O) groups is 1. The summed E-state index contributed by atoms with van der Waals surface area (Å²) in [4.78, 5) is 11.6. The summed E-state index contributed by atoms with van der Waals surface area (Å²) in [6.45, 7) is 2.35. The van der Waals surface area contributed by atoms with Crippen LogP contribution in [0, 0.1) is 23.7 Å². The Bertz CT molecular complexity index is 557. The molecule has 1 amide bonds. The molecule has 166 valence electrons. The third-order valence-electron chi connectivity index (χ3n) is 7.00. The monoisotopic (exact) mass is 420 g/mol. The molecule has 4 atom stereocenters. The number of hydrazine groups is 1. The molecular weight excluding hydrogens is 388 g/mol. The number of carbonyl (C=O) groups excluding carboxylic acids is 1. The van der Waals surface area contributed by atoms with E-state index < -0.39 is 18.9 Å². The second kappa shape index (κ2) is 10.2. The van der Waals surface area contributed by atoms with E-state index in [0.29, 0.717) is 44.8 Å². The number of hydrogen-bond donors (Lipinski definition) is 3. The summed E-state index contributed by atoms with van der Waals surface area (Å²) >= 11 is 0. The summed E-state index contributed by atoms with van der Waals surface area (Å²) < 4.78 is 52.1. The van der Waals surface area contributed by atoms with Gasteiger partial charge in [0.25, 0.3) is 0 Å². The highest BCUT2D eigenvalue weighted by atomic mass is 19.3. The average Bonchev–Trinajstić information content (AvgIpc) is 3.22. The molecule has 3 fully saturated rings. The van der Waals surface area contributed by atoms with Crippen LogP contribution in [0.5, 0.6) is 0 Å². The molecule has 0 bridgehead atoms. The molecule has 3 aliphatic rings. The number of rotatable bonds is 7. The first-order chi connectivity index (χ1) is 13.9. The molecule has 9 heteroatoms. The summed E-state index contributed by atoms with van der Waals surface area (Å²) in [6, 6.07) is 0.129. The fourth-order valence-corrected chi connectivity index (χ4v) is 5.29. The van der Waals surface area contributed by atoms with Crippen LogP contribution >= 0.6 is 0 Å². The smallest absolute Gasteiger partial charge is 0.306 e. The molecule has 0 spiro atoms. The van der Waals surface area contributed by atoms with Crippen molar-refractivity contribution in [1.29, 1.82) is 0 Å². The lowest BCUT2D eigenvalue weighted by Crippen LogP contribution is -2.56. The van der Waals surface area contributed by atoms with E-state index in [-0.39, 0.29) is 29.8 Å². The molecule has 0 aromatic rings. The number of nitrogens with zero attached hydrogens (tertiary/aromatic N) is 1. The van der Waals surface area contributed by atoms with Gasteiger partial charge in [-0.1, -0.05) is 6.58 Å². The summed E-state index contributed by atoms with van der Waals surface area (Å²) in [5, 5.41) is 7.37. The van der Waals surface area contributed by atoms with Crippen molar-refractivity contribution in [3.05, 3.63) is 12.7 Å². The SMILES string of the molecule is C=CC(=O)NCC1CNC(C2CCC(C(F)F)CC2)CC1C1CCN(C(F)F)N1. The molecule has 29 heavy (non-hydrogen) atoms. The predicted octanol–water partition coefficient (Wildman–Crippen LogP) is 2.76. The van der Waals surface area contributed by atoms with Crippen LogP contribution in [0.15, 0.2) is 12.7 Å². The van der Waals surface area contributed by atoms with E-state index in [1.54, 1.807) is 0 Å². The lowest BCUT2D eigenvalue weighted by Gasteiger charge is -2.44. The first-order valence-corrected chi connectivity index (χ1v) is 10.6. The quantitative estimate of drug-likeness (QED) is 0.337. The van der Waals surface area contributed by atoms with Gasteiger partial charge in [-0.2, -0.15) is 13.8 Å². The van der Waals surface area contributed by atoms with Gasteiger partial charge in [-0.15, -0.1) is 0 Å². The molecule has 0 aromatic carbocycles. The Morgan fingerprint density at radius 3 is 2.45 bits per heavy atom. The predicted molar refractivity (Wildman–Crippen MR) is 102 cm³/mol. The lowest BCUT2D eigenvalue weighted by molar-refractivity contribution is -0.116. The van der Waals surface area contributed by atoms with E-state index in [1.165, 1.54) is 6.08 Å². The first-order valence-electron chi connectivity index (χ1n) is 10.6. The van der Waals surface area contributed by atoms with Gasteiger partial charge in [-0.3, -0.25) is 4.79 Å². The lowest BCUT2D eigenvalue weighted by atomic mass is 9.71. The standard InChI is InChI=1S/C20H32F4N4O/c1-2-18(29)26-11-14-10-25-17(12-3-5-13(6-4-12)19(21)22)9-15(14)16-7-8-28(27-16)20(23)24/h2,12-17,19-20,25,27H,1,3-11H2,(H,26,29). The maximum absolute atomic E-state index is 13.1. The highest BCUT2D eigenvalue weighted by molar-refractivity contribution is 5.86. The van der Waals surface area contributed by atoms with Gasteiger partial charge in [-0.25, -0.2) is 14.2 Å². The van der Waals surface area contributed by atoms with Crippen LogP contribution in [0.25, 0.3) is 0 Å². The zero-order valence-electron chi connectivity index (χ0n) is 16.6. The highest BCUT2D eigenvalue weighted by Crippen LogP contribution is 2.39. The van der Waals surface area contributed by atoms with E-state index in [2.05, 4.69) is 22.6 Å². The van der Waals surface area contributed by atoms with Crippen molar-refractivity contribution in [2.75, 3.05) is 19.6 Å². The van der Waals surface area contributed by atoms with Gasteiger partial charge < -0.3 is 10.6 Å². The molecule has 0 radical (unpaired) electrons. The number of piperidine rings is 1. The zero-order chi connectivity index (χ0) is 21.0. The largest absolute Gasteiger partial charge is 0.352 e. The molecule has 1 saturated carbocycles. The van der Waals surface area contributed by atoms with E-state index in [4.69, 9.17) is 0 Å². The number of hydrogen-bond acceptors (Lipinski definition) is 4. The molecule has 4 unspecified atom stereocenters. The van der Waals surface area contributed by atoms with Crippen molar-refractivity contribution in [1.82, 2.24) is 21.1 Å². The minimum Gasteiger partial charge on any atom is -0.352 e. The van der Waals surface area contributed by atoms with Gasteiger partial charge in [0.2, 0.25) is 12.3 Å². The van der Waals surface area contributed by atoms with E-state index in [9.17, 15) is 22.4 Å². The Balaban J connectivity index is 1.62. The Hall–Kier alpha value is -1.19. The van der Waals surface area contributed by atoms with Gasteiger partial charge in [0.1, 0.15) is 0 Å². The third-order valence-corrected chi connectivity index (χ3v) is 7.00. The van der Waals surface area contributed by atoms with Crippen molar-refractivity contribution in [3.63, 3.8) is 0 Å². The minimum absolute atomic E-state index is 0.0726. The third kappa shape index (κ3) is 5.70. The number of alkyl halides is 4. The molecule has 2 heterocycles. The Kier molecular flexibility index (Phi) is 7.92. The molecule has 2 saturated heterocycles. The zero-order valence-corrected chi connectivity index (χ0v) is 16.6. The molecular formula is C20H32F4N4O. The molecule has 2 aliphatic heterocycles. The average molecular weight is 420 g/mol. The minimum atomic E-state index is -2.54. The maximum Gasteiger partial charge on any atom is 0.306 e. The van der Waals surface area contributed by atoms with Crippen molar-refractivity contribution in [3.8, 4) is 0 Å². The van der Waals surface area contributed by atoms with Crippen molar-refractivity contribution >= 4 is 5.91 Å². The van der Waals surface area contributed by atoms with Crippen LogP contribution in [0.1, 0.15) is 38.5 Å². The van der Waals surface area contributed by atoms with Gasteiger partial charge >= 0.3 is 6.55 Å². The number of halogens is 4. The van der Waals surface area contributed by atoms with Crippen LogP contribution in [0.3, 0.4) is 0 Å². The van der Waals surface area contributed by atoms with Gasteiger partial charge in [0.15, 0.2) is 0 Å². The van der Waals surface area contributed by atoms with E-state index in [1.807, 2.05) is 0 Å². The van der Waals surface area contributed by atoms with Crippen LogP contribution in [-0.4, -0.2) is 55.6 Å². The van der Waals surface area contributed by atoms with Crippen LogP contribution in [-0.2, 0) is 4.79 Å². The summed E-state index contributed by atoms with van der Waals surface area (Å²) in [7, 11) is 0. The first kappa shape index (κ1) is 22.5. The van der Waals surface area contributed by atoms with Crippen LogP contribution < -0.4 is 16.1 Å². The summed E-state index contributed by atoms with van der Waals surface area (Å²) in [6.07, 6.45) is 3.05. The Labute approximate surface area is 169 Å². The molecule has 5 nitrogen and oxygen atoms in total. The summed E-state index contributed by atoms with van der Waals surface area (Å²) in [5.74, 6) is -0.164. The molecule has 3 rings (SSSR count). The maximum atomic E-state index is 13.1. The van der Waals surface area contributed by atoms with Gasteiger partial charge in [0, 0.05) is 37.6 Å². The van der Waals surface area contributed by atoms with Crippen molar-refractivity contribution in [2.24, 2.45) is 23.7 Å². The normalized spacial score (nSPS) is 36.5. The fourth-order valence-electron chi connectivity index (χ4n) is 5.29. The second-order valence-electron chi connectivity index (χ2n) is 8.63. The van der Waals surface area contributed by atoms with Crippen LogP contribution in [0.4, 0.5) is 17.6 Å². The molecule has 3 N–H and O–H groups in total. The fraction of sp³-hybridized carbons (Fsp3) is 0.850. The van der Waals surface area contributed by atoms with Gasteiger partial charge in [0.05, 0.1) is 0 Å². The van der Waals surface area contributed by atoms with Crippen LogP contribution in [0.2, 0.25) is 0 Å². The van der Waals surface area contributed by atoms with Crippen molar-refractivity contribution < 1.29 is 22.4 Å². The Morgan fingerprint density at radius 1 is 1.14 bits per heavy atom. The Morgan fingerprint density at radius 2 is 1.86 bits per heavy atom. The summed E-state index contributed by atoms with van der Waals surface area (Å²) in [5.41, 5.74) is 2.96. The molecule has 1 aliphatic carbocycles.